The summed E-state index contributed by atoms with van der Waals surface area (Å²) in [5.74, 6) is 0.417. The van der Waals surface area contributed by atoms with Crippen molar-refractivity contribution in [2.45, 2.75) is 19.3 Å². The summed E-state index contributed by atoms with van der Waals surface area (Å²) in [6, 6.07) is 5.73. The van der Waals surface area contributed by atoms with Crippen molar-refractivity contribution < 1.29 is 14.0 Å². The zero-order chi connectivity index (χ0) is 18.4. The van der Waals surface area contributed by atoms with E-state index in [2.05, 4.69) is 10.6 Å². The first-order chi connectivity index (χ1) is 12.6. The second-order valence-electron chi connectivity index (χ2n) is 7.11. The molecule has 0 radical (unpaired) electrons. The van der Waals surface area contributed by atoms with Crippen molar-refractivity contribution in [3.63, 3.8) is 0 Å². The van der Waals surface area contributed by atoms with E-state index in [1.165, 1.54) is 18.6 Å². The van der Waals surface area contributed by atoms with Crippen molar-refractivity contribution in [3.05, 3.63) is 30.1 Å². The molecule has 3 rings (SSSR count). The Labute approximate surface area is 178 Å². The van der Waals surface area contributed by atoms with Gasteiger partial charge in [-0.05, 0) is 56.1 Å². The van der Waals surface area contributed by atoms with Gasteiger partial charge in [-0.3, -0.25) is 14.5 Å². The molecule has 0 bridgehead atoms. The fourth-order valence-corrected chi connectivity index (χ4v) is 3.54. The van der Waals surface area contributed by atoms with E-state index >= 15 is 0 Å². The van der Waals surface area contributed by atoms with Crippen LogP contribution in [0.3, 0.4) is 0 Å². The molecule has 0 spiro atoms. The topological polar surface area (TPSA) is 64.7 Å². The number of hydrogen-bond donors (Lipinski definition) is 2. The van der Waals surface area contributed by atoms with Gasteiger partial charge >= 0.3 is 0 Å². The number of carbonyl (C=O) groups is 2. The smallest absolute Gasteiger partial charge is 0.238 e. The molecular weight excluding hydrogens is 406 g/mol. The third kappa shape index (κ3) is 7.54. The van der Waals surface area contributed by atoms with Gasteiger partial charge in [0.2, 0.25) is 11.8 Å². The van der Waals surface area contributed by atoms with Crippen LogP contribution >= 0.6 is 24.8 Å². The lowest BCUT2D eigenvalue weighted by Gasteiger charge is -2.34. The van der Waals surface area contributed by atoms with E-state index in [-0.39, 0.29) is 49.0 Å². The molecule has 0 aliphatic carbocycles. The Morgan fingerprint density at radius 3 is 2.39 bits per heavy atom. The number of amides is 2. The van der Waals surface area contributed by atoms with E-state index in [9.17, 15) is 14.0 Å². The van der Waals surface area contributed by atoms with E-state index in [4.69, 9.17) is 0 Å². The molecule has 9 heteroatoms. The quantitative estimate of drug-likeness (QED) is 0.719. The number of halogens is 3. The van der Waals surface area contributed by atoms with Crippen molar-refractivity contribution in [1.29, 1.82) is 0 Å². The Bertz CT molecular complexity index is 619. The zero-order valence-electron chi connectivity index (χ0n) is 15.9. The molecule has 6 nitrogen and oxygen atoms in total. The third-order valence-electron chi connectivity index (χ3n) is 5.15. The molecule has 2 N–H and O–H groups in total. The van der Waals surface area contributed by atoms with Crippen LogP contribution in [0.4, 0.5) is 10.1 Å². The van der Waals surface area contributed by atoms with Crippen LogP contribution in [0.5, 0.6) is 0 Å². The summed E-state index contributed by atoms with van der Waals surface area (Å²) in [6.45, 7) is 5.13. The van der Waals surface area contributed by atoms with Gasteiger partial charge in [0.15, 0.2) is 0 Å². The molecule has 1 aromatic carbocycles. The van der Waals surface area contributed by atoms with E-state index in [1.807, 2.05) is 9.80 Å². The second kappa shape index (κ2) is 12.2. The Morgan fingerprint density at radius 2 is 1.79 bits per heavy atom. The maximum absolute atomic E-state index is 12.9. The lowest BCUT2D eigenvalue weighted by Crippen LogP contribution is -2.50. The molecule has 1 unspecified atom stereocenters. The number of carbonyl (C=O) groups excluding carboxylic acids is 2. The number of piperazine rings is 1. The van der Waals surface area contributed by atoms with Crippen molar-refractivity contribution in [2.24, 2.45) is 5.92 Å². The van der Waals surface area contributed by atoms with Crippen molar-refractivity contribution in [2.75, 3.05) is 51.1 Å². The van der Waals surface area contributed by atoms with E-state index < -0.39 is 0 Å². The Balaban J connectivity index is 0.00000196. The highest BCUT2D eigenvalue weighted by Gasteiger charge is 2.23. The minimum Gasteiger partial charge on any atom is -0.340 e. The number of hydrogen-bond acceptors (Lipinski definition) is 4. The third-order valence-corrected chi connectivity index (χ3v) is 5.15. The average molecular weight is 435 g/mol. The number of benzene rings is 1. The molecule has 0 saturated carbocycles. The molecule has 1 atom stereocenters. The zero-order valence-corrected chi connectivity index (χ0v) is 17.5. The number of nitrogens with one attached hydrogen (secondary N) is 2. The van der Waals surface area contributed by atoms with Crippen LogP contribution < -0.4 is 10.6 Å². The number of nitrogens with zero attached hydrogens (tertiary/aromatic N) is 2. The SMILES string of the molecule is Cl.Cl.O=C(CN1CCN(C(=O)CCC2CCNC2)CC1)Nc1ccc(F)cc1. The average Bonchev–Trinajstić information content (AvgIpc) is 3.16. The first-order valence-corrected chi connectivity index (χ1v) is 9.36. The summed E-state index contributed by atoms with van der Waals surface area (Å²) in [5, 5.41) is 6.10. The van der Waals surface area contributed by atoms with E-state index in [0.717, 1.165) is 19.5 Å². The van der Waals surface area contributed by atoms with Crippen LogP contribution in [0.1, 0.15) is 19.3 Å². The van der Waals surface area contributed by atoms with Crippen LogP contribution in [-0.2, 0) is 9.59 Å². The number of anilines is 1. The molecule has 158 valence electrons. The van der Waals surface area contributed by atoms with Gasteiger partial charge < -0.3 is 15.5 Å². The highest BCUT2D eigenvalue weighted by Crippen LogP contribution is 2.16. The van der Waals surface area contributed by atoms with Gasteiger partial charge in [0.05, 0.1) is 6.54 Å². The minimum atomic E-state index is -0.326. The van der Waals surface area contributed by atoms with E-state index in [0.29, 0.717) is 44.2 Å². The first kappa shape index (κ1) is 24.6. The summed E-state index contributed by atoms with van der Waals surface area (Å²) in [7, 11) is 0. The summed E-state index contributed by atoms with van der Waals surface area (Å²) in [4.78, 5) is 28.4. The van der Waals surface area contributed by atoms with Gasteiger partial charge in [0, 0.05) is 38.3 Å². The fraction of sp³-hybridized carbons (Fsp3) is 0.579. The highest BCUT2D eigenvalue weighted by atomic mass is 35.5. The van der Waals surface area contributed by atoms with Crippen LogP contribution in [0.25, 0.3) is 0 Å². The van der Waals surface area contributed by atoms with Crippen LogP contribution in [0.2, 0.25) is 0 Å². The summed E-state index contributed by atoms with van der Waals surface area (Å²) in [5.41, 5.74) is 0.589. The van der Waals surface area contributed by atoms with Crippen molar-refractivity contribution in [1.82, 2.24) is 15.1 Å². The molecule has 2 saturated heterocycles. The minimum absolute atomic E-state index is 0. The molecule has 2 heterocycles. The Hall–Kier alpha value is -1.41. The molecule has 28 heavy (non-hydrogen) atoms. The van der Waals surface area contributed by atoms with Crippen LogP contribution in [0.15, 0.2) is 24.3 Å². The lowest BCUT2D eigenvalue weighted by atomic mass is 10.0. The van der Waals surface area contributed by atoms with Gasteiger partial charge in [-0.1, -0.05) is 0 Å². The number of rotatable bonds is 6. The van der Waals surface area contributed by atoms with E-state index in [1.54, 1.807) is 12.1 Å². The van der Waals surface area contributed by atoms with Crippen molar-refractivity contribution >= 4 is 42.3 Å². The second-order valence-corrected chi connectivity index (χ2v) is 7.11. The van der Waals surface area contributed by atoms with Crippen LogP contribution in [-0.4, -0.2) is 67.4 Å². The van der Waals surface area contributed by atoms with Gasteiger partial charge in [0.25, 0.3) is 0 Å². The van der Waals surface area contributed by atoms with Gasteiger partial charge in [0.1, 0.15) is 5.82 Å². The maximum Gasteiger partial charge on any atom is 0.238 e. The van der Waals surface area contributed by atoms with Gasteiger partial charge in [-0.15, -0.1) is 24.8 Å². The molecule has 2 amide bonds. The monoisotopic (exact) mass is 434 g/mol. The van der Waals surface area contributed by atoms with Crippen molar-refractivity contribution in [3.8, 4) is 0 Å². The highest BCUT2D eigenvalue weighted by molar-refractivity contribution is 5.92. The summed E-state index contributed by atoms with van der Waals surface area (Å²) >= 11 is 0. The maximum atomic E-state index is 12.9. The molecule has 2 aliphatic rings. The predicted molar refractivity (Wildman–Crippen MR) is 113 cm³/mol. The summed E-state index contributed by atoms with van der Waals surface area (Å²) < 4.78 is 12.9. The normalized spacial score (nSPS) is 19.5. The van der Waals surface area contributed by atoms with Gasteiger partial charge in [-0.2, -0.15) is 0 Å². The Kier molecular flexibility index (Phi) is 10.7. The predicted octanol–water partition coefficient (Wildman–Crippen LogP) is 2.14. The first-order valence-electron chi connectivity index (χ1n) is 9.36. The molecule has 2 fully saturated rings. The molecule has 0 aromatic heterocycles. The standard InChI is InChI=1S/C19H27FN4O2.2ClH/c20-16-2-4-17(5-3-16)22-18(25)14-23-9-11-24(12-10-23)19(26)6-1-15-7-8-21-13-15;;/h2-5,15,21H,1,6-14H2,(H,22,25);2*1H. The lowest BCUT2D eigenvalue weighted by molar-refractivity contribution is -0.133. The van der Waals surface area contributed by atoms with Crippen LogP contribution in [0, 0.1) is 11.7 Å². The molecule has 1 aromatic rings. The fourth-order valence-electron chi connectivity index (χ4n) is 3.54. The van der Waals surface area contributed by atoms with Gasteiger partial charge in [-0.25, -0.2) is 4.39 Å². The molecular formula is C19H29Cl2FN4O2. The summed E-state index contributed by atoms with van der Waals surface area (Å²) in [6.07, 6.45) is 2.76. The Morgan fingerprint density at radius 1 is 1.11 bits per heavy atom. The largest absolute Gasteiger partial charge is 0.340 e. The molecule has 2 aliphatic heterocycles.